The predicted octanol–water partition coefficient (Wildman–Crippen LogP) is 7.11. The molecule has 3 rings (SSSR count). The molecule has 0 radical (unpaired) electrons. The van der Waals surface area contributed by atoms with E-state index in [0.29, 0.717) is 29.6 Å². The molecule has 3 fully saturated rings. The topological polar surface area (TPSA) is 54.4 Å². The number of hydrogen-bond donors (Lipinski definition) is 1. The number of ketones is 1. The van der Waals surface area contributed by atoms with Crippen LogP contribution in [0.25, 0.3) is 0 Å². The lowest BCUT2D eigenvalue weighted by Gasteiger charge is -2.57. The fourth-order valence-corrected chi connectivity index (χ4v) is 8.95. The Bertz CT molecular complexity index is 646. The van der Waals surface area contributed by atoms with Crippen molar-refractivity contribution in [2.45, 2.75) is 104 Å². The summed E-state index contributed by atoms with van der Waals surface area (Å²) < 4.78 is 0. The molecule has 0 heterocycles. The van der Waals surface area contributed by atoms with Crippen LogP contribution < -0.4 is 0 Å². The first-order valence-electron chi connectivity index (χ1n) is 12.4. The molecule has 1 N–H and O–H groups in total. The number of carboxylic acids is 1. The Morgan fingerprint density at radius 2 is 1.83 bits per heavy atom. The van der Waals surface area contributed by atoms with Gasteiger partial charge in [0.15, 0.2) is 5.78 Å². The van der Waals surface area contributed by atoms with Crippen LogP contribution in [0.5, 0.6) is 0 Å². The SMILES string of the molecule is CC(C)CCC[C@H](C)[C@H]1CC[C@H]2[C@H]3C[C@H](Br)C(=O)[C@@](C)(CCC(=O)O)[C@@H]3CC[C@]12C. The third kappa shape index (κ3) is 4.41. The van der Waals surface area contributed by atoms with Gasteiger partial charge in [0.1, 0.15) is 0 Å². The minimum absolute atomic E-state index is 0.0998. The second-order valence-corrected chi connectivity index (χ2v) is 12.9. The van der Waals surface area contributed by atoms with Crippen molar-refractivity contribution < 1.29 is 14.7 Å². The van der Waals surface area contributed by atoms with Gasteiger partial charge in [-0.25, -0.2) is 0 Å². The van der Waals surface area contributed by atoms with Gasteiger partial charge in [-0.3, -0.25) is 9.59 Å². The normalized spacial score (nSPS) is 42.1. The quantitative estimate of drug-likeness (QED) is 0.374. The predicted molar refractivity (Wildman–Crippen MR) is 126 cm³/mol. The Kier molecular flexibility index (Phi) is 7.47. The fraction of sp³-hybridized carbons (Fsp3) is 0.923. The zero-order valence-electron chi connectivity index (χ0n) is 19.8. The lowest BCUT2D eigenvalue weighted by atomic mass is 9.48. The number of carbonyl (C=O) groups excluding carboxylic acids is 1. The average molecular weight is 484 g/mol. The first kappa shape index (κ1) is 24.3. The van der Waals surface area contributed by atoms with Crippen molar-refractivity contribution in [3.63, 3.8) is 0 Å². The van der Waals surface area contributed by atoms with E-state index in [-0.39, 0.29) is 17.0 Å². The van der Waals surface area contributed by atoms with E-state index in [9.17, 15) is 14.7 Å². The molecule has 0 aromatic carbocycles. The van der Waals surface area contributed by atoms with Crippen LogP contribution in [-0.2, 0) is 9.59 Å². The summed E-state index contributed by atoms with van der Waals surface area (Å²) >= 11 is 3.71. The molecule has 30 heavy (non-hydrogen) atoms. The second-order valence-electron chi connectivity index (χ2n) is 11.8. The molecular formula is C26H43BrO3. The summed E-state index contributed by atoms with van der Waals surface area (Å²) in [6, 6.07) is 0. The van der Waals surface area contributed by atoms with Gasteiger partial charge in [-0.1, -0.05) is 69.8 Å². The molecular weight excluding hydrogens is 440 g/mol. The van der Waals surface area contributed by atoms with Crippen molar-refractivity contribution in [3.05, 3.63) is 0 Å². The van der Waals surface area contributed by atoms with Gasteiger partial charge in [0.2, 0.25) is 0 Å². The zero-order valence-corrected chi connectivity index (χ0v) is 21.3. The summed E-state index contributed by atoms with van der Waals surface area (Å²) in [7, 11) is 0. The van der Waals surface area contributed by atoms with Crippen molar-refractivity contribution in [1.29, 1.82) is 0 Å². The van der Waals surface area contributed by atoms with E-state index < -0.39 is 11.4 Å². The van der Waals surface area contributed by atoms with Crippen molar-refractivity contribution in [2.75, 3.05) is 0 Å². The Labute approximate surface area is 192 Å². The van der Waals surface area contributed by atoms with Crippen molar-refractivity contribution in [3.8, 4) is 0 Å². The molecule has 172 valence electrons. The van der Waals surface area contributed by atoms with Gasteiger partial charge in [-0.15, -0.1) is 0 Å². The molecule has 0 spiro atoms. The largest absolute Gasteiger partial charge is 0.481 e. The fourth-order valence-electron chi connectivity index (χ4n) is 7.99. The standard InChI is InChI=1S/C26H43BrO3/c1-16(2)7-6-8-17(3)19-9-10-20-18-15-22(27)24(30)26(5,14-12-23(28)29)21(18)11-13-25(19,20)4/h16-22H,6-15H2,1-5H3,(H,28,29)/t17-,18+,19+,20-,21+,22-,25+,26-/m0/s1. The maximum Gasteiger partial charge on any atom is 0.303 e. The van der Waals surface area contributed by atoms with Crippen LogP contribution in [0.2, 0.25) is 0 Å². The number of carbonyl (C=O) groups is 2. The van der Waals surface area contributed by atoms with Gasteiger partial charge in [-0.2, -0.15) is 0 Å². The Morgan fingerprint density at radius 1 is 1.13 bits per heavy atom. The van der Waals surface area contributed by atoms with Crippen LogP contribution >= 0.6 is 15.9 Å². The van der Waals surface area contributed by atoms with E-state index in [1.807, 2.05) is 0 Å². The molecule has 3 aliphatic carbocycles. The number of fused-ring (bicyclic) bond motifs is 3. The van der Waals surface area contributed by atoms with Crippen molar-refractivity contribution >= 4 is 27.7 Å². The molecule has 0 aromatic heterocycles. The molecule has 0 saturated heterocycles. The molecule has 0 aliphatic heterocycles. The van der Waals surface area contributed by atoms with E-state index in [0.717, 1.165) is 30.6 Å². The van der Waals surface area contributed by atoms with Crippen LogP contribution in [0.1, 0.15) is 98.8 Å². The van der Waals surface area contributed by atoms with E-state index in [1.165, 1.54) is 38.5 Å². The molecule has 8 atom stereocenters. The van der Waals surface area contributed by atoms with Crippen molar-refractivity contribution in [1.82, 2.24) is 0 Å². The van der Waals surface area contributed by atoms with Crippen LogP contribution in [0.15, 0.2) is 0 Å². The first-order valence-corrected chi connectivity index (χ1v) is 13.3. The van der Waals surface area contributed by atoms with E-state index in [4.69, 9.17) is 0 Å². The van der Waals surface area contributed by atoms with Crippen LogP contribution in [0.3, 0.4) is 0 Å². The number of rotatable bonds is 8. The lowest BCUT2D eigenvalue weighted by molar-refractivity contribution is -0.147. The third-order valence-electron chi connectivity index (χ3n) is 9.64. The Hall–Kier alpha value is -0.380. The Balaban J connectivity index is 1.77. The van der Waals surface area contributed by atoms with Crippen LogP contribution in [0, 0.1) is 46.3 Å². The molecule has 0 aromatic rings. The maximum atomic E-state index is 13.2. The Morgan fingerprint density at radius 3 is 2.47 bits per heavy atom. The maximum absolute atomic E-state index is 13.2. The summed E-state index contributed by atoms with van der Waals surface area (Å²) in [4.78, 5) is 24.4. The molecule has 4 heteroatoms. The number of hydrogen-bond acceptors (Lipinski definition) is 2. The second kappa shape index (κ2) is 9.24. The summed E-state index contributed by atoms with van der Waals surface area (Å²) in [5.74, 6) is 3.43. The lowest BCUT2D eigenvalue weighted by Crippen LogP contribution is -2.55. The number of Topliss-reactive ketones (excluding diaryl/α,β-unsaturated/α-hetero) is 1. The van der Waals surface area contributed by atoms with Gasteiger partial charge in [0, 0.05) is 11.8 Å². The monoisotopic (exact) mass is 482 g/mol. The molecule has 3 saturated carbocycles. The van der Waals surface area contributed by atoms with E-state index in [2.05, 4.69) is 50.5 Å². The highest BCUT2D eigenvalue weighted by molar-refractivity contribution is 9.10. The highest BCUT2D eigenvalue weighted by Crippen LogP contribution is 2.66. The molecule has 3 nitrogen and oxygen atoms in total. The highest BCUT2D eigenvalue weighted by Gasteiger charge is 2.61. The summed E-state index contributed by atoms with van der Waals surface area (Å²) in [5, 5.41) is 9.28. The summed E-state index contributed by atoms with van der Waals surface area (Å²) in [6.07, 6.45) is 10.5. The van der Waals surface area contributed by atoms with Crippen molar-refractivity contribution in [2.24, 2.45) is 46.3 Å². The van der Waals surface area contributed by atoms with E-state index in [1.54, 1.807) is 0 Å². The smallest absolute Gasteiger partial charge is 0.303 e. The minimum Gasteiger partial charge on any atom is -0.481 e. The first-order chi connectivity index (χ1) is 14.0. The zero-order chi connectivity index (χ0) is 22.3. The van der Waals surface area contributed by atoms with Crippen LogP contribution in [0.4, 0.5) is 0 Å². The summed E-state index contributed by atoms with van der Waals surface area (Å²) in [6.45, 7) is 11.8. The minimum atomic E-state index is -0.783. The highest BCUT2D eigenvalue weighted by atomic mass is 79.9. The third-order valence-corrected chi connectivity index (χ3v) is 10.4. The van der Waals surface area contributed by atoms with Crippen LogP contribution in [-0.4, -0.2) is 21.7 Å². The molecule has 0 bridgehead atoms. The number of aliphatic carboxylic acids is 1. The molecule has 0 unspecified atom stereocenters. The van der Waals surface area contributed by atoms with Gasteiger partial charge in [0.25, 0.3) is 0 Å². The van der Waals surface area contributed by atoms with Gasteiger partial charge >= 0.3 is 5.97 Å². The van der Waals surface area contributed by atoms with Gasteiger partial charge in [0.05, 0.1) is 4.83 Å². The molecule has 3 aliphatic rings. The van der Waals surface area contributed by atoms with E-state index >= 15 is 0 Å². The summed E-state index contributed by atoms with van der Waals surface area (Å²) in [5.41, 5.74) is -0.100. The molecule has 0 amide bonds. The number of alkyl halides is 1. The van der Waals surface area contributed by atoms with Gasteiger partial charge in [-0.05, 0) is 79.4 Å². The average Bonchev–Trinajstić information content (AvgIpc) is 3.02. The van der Waals surface area contributed by atoms with Gasteiger partial charge < -0.3 is 5.11 Å². The number of halogens is 1. The number of carboxylic acid groups (broad SMARTS) is 1.